The summed E-state index contributed by atoms with van der Waals surface area (Å²) in [5.41, 5.74) is 3.10. The molecule has 0 spiro atoms. The minimum atomic E-state index is 0.245. The van der Waals surface area contributed by atoms with Gasteiger partial charge in [0.2, 0.25) is 0 Å². The SMILES string of the molecule is C/C=C/CCC(=O)c1cc(C)ccc1C. The monoisotopic (exact) mass is 202 g/mol. The minimum absolute atomic E-state index is 0.245. The van der Waals surface area contributed by atoms with Crippen LogP contribution in [0.1, 0.15) is 41.3 Å². The molecule has 0 amide bonds. The second-order valence-corrected chi connectivity index (χ2v) is 3.85. The quantitative estimate of drug-likeness (QED) is 0.535. The fraction of sp³-hybridized carbons (Fsp3) is 0.357. The van der Waals surface area contributed by atoms with Gasteiger partial charge in [0.15, 0.2) is 5.78 Å². The second kappa shape index (κ2) is 5.50. The Labute approximate surface area is 91.8 Å². The molecular formula is C14H18O. The van der Waals surface area contributed by atoms with Crippen molar-refractivity contribution in [3.05, 3.63) is 47.0 Å². The predicted molar refractivity (Wildman–Crippen MR) is 64.3 cm³/mol. The van der Waals surface area contributed by atoms with Crippen LogP contribution in [0.5, 0.6) is 0 Å². The van der Waals surface area contributed by atoms with E-state index in [2.05, 4.69) is 0 Å². The van der Waals surface area contributed by atoms with E-state index in [9.17, 15) is 4.79 Å². The van der Waals surface area contributed by atoms with Crippen LogP contribution in [0, 0.1) is 13.8 Å². The first kappa shape index (κ1) is 11.7. The molecule has 0 radical (unpaired) electrons. The molecular weight excluding hydrogens is 184 g/mol. The van der Waals surface area contributed by atoms with E-state index in [1.165, 1.54) is 0 Å². The summed E-state index contributed by atoms with van der Waals surface area (Å²) in [5, 5.41) is 0. The Balaban J connectivity index is 2.77. The molecule has 1 aromatic rings. The molecule has 80 valence electrons. The minimum Gasteiger partial charge on any atom is -0.294 e. The van der Waals surface area contributed by atoms with E-state index in [1.54, 1.807) is 0 Å². The molecule has 0 atom stereocenters. The Morgan fingerprint density at radius 3 is 2.73 bits per heavy atom. The van der Waals surface area contributed by atoms with Gasteiger partial charge in [0, 0.05) is 12.0 Å². The van der Waals surface area contributed by atoms with Crippen molar-refractivity contribution in [2.24, 2.45) is 0 Å². The zero-order chi connectivity index (χ0) is 11.3. The van der Waals surface area contributed by atoms with Gasteiger partial charge in [-0.25, -0.2) is 0 Å². The zero-order valence-corrected chi connectivity index (χ0v) is 9.71. The van der Waals surface area contributed by atoms with Gasteiger partial charge < -0.3 is 0 Å². The molecule has 0 unspecified atom stereocenters. The lowest BCUT2D eigenvalue weighted by Gasteiger charge is -2.05. The molecule has 0 aliphatic rings. The number of carbonyl (C=O) groups is 1. The molecule has 0 saturated carbocycles. The molecule has 0 aliphatic heterocycles. The third-order valence-electron chi connectivity index (χ3n) is 2.47. The highest BCUT2D eigenvalue weighted by atomic mass is 16.1. The third-order valence-corrected chi connectivity index (χ3v) is 2.47. The van der Waals surface area contributed by atoms with Crippen molar-refractivity contribution >= 4 is 5.78 Å². The largest absolute Gasteiger partial charge is 0.294 e. The lowest BCUT2D eigenvalue weighted by molar-refractivity contribution is 0.0983. The summed E-state index contributed by atoms with van der Waals surface area (Å²) in [6, 6.07) is 6.03. The van der Waals surface area contributed by atoms with Crippen LogP contribution in [0.3, 0.4) is 0 Å². The molecule has 0 fully saturated rings. The summed E-state index contributed by atoms with van der Waals surface area (Å²) < 4.78 is 0. The predicted octanol–water partition coefficient (Wildman–Crippen LogP) is 3.84. The first-order chi connectivity index (χ1) is 7.15. The molecule has 1 nitrogen and oxygen atoms in total. The molecule has 1 heteroatoms. The number of rotatable bonds is 4. The highest BCUT2D eigenvalue weighted by molar-refractivity contribution is 5.97. The van der Waals surface area contributed by atoms with Gasteiger partial charge in [-0.3, -0.25) is 4.79 Å². The molecule has 0 N–H and O–H groups in total. The molecule has 15 heavy (non-hydrogen) atoms. The number of ketones is 1. The van der Waals surface area contributed by atoms with Crippen LogP contribution in [0.2, 0.25) is 0 Å². The third kappa shape index (κ3) is 3.35. The van der Waals surface area contributed by atoms with E-state index in [1.807, 2.05) is 51.1 Å². The Kier molecular flexibility index (Phi) is 4.29. The van der Waals surface area contributed by atoms with Gasteiger partial charge >= 0.3 is 0 Å². The summed E-state index contributed by atoms with van der Waals surface area (Å²) >= 11 is 0. The molecule has 1 rings (SSSR count). The van der Waals surface area contributed by atoms with E-state index in [4.69, 9.17) is 0 Å². The average molecular weight is 202 g/mol. The normalized spacial score (nSPS) is 10.9. The highest BCUT2D eigenvalue weighted by Crippen LogP contribution is 2.13. The number of aryl methyl sites for hydroxylation is 2. The number of benzene rings is 1. The first-order valence-electron chi connectivity index (χ1n) is 5.36. The lowest BCUT2D eigenvalue weighted by atomic mass is 9.99. The maximum atomic E-state index is 11.9. The number of hydrogen-bond acceptors (Lipinski definition) is 1. The van der Waals surface area contributed by atoms with Crippen LogP contribution in [0.25, 0.3) is 0 Å². The van der Waals surface area contributed by atoms with Crippen LogP contribution in [0.15, 0.2) is 30.4 Å². The summed E-state index contributed by atoms with van der Waals surface area (Å²) in [6.07, 6.45) is 5.46. The van der Waals surface area contributed by atoms with Crippen molar-refractivity contribution in [1.82, 2.24) is 0 Å². The van der Waals surface area contributed by atoms with E-state index in [0.29, 0.717) is 6.42 Å². The number of hydrogen-bond donors (Lipinski definition) is 0. The Bertz CT molecular complexity index is 375. The smallest absolute Gasteiger partial charge is 0.163 e. The molecule has 0 aliphatic carbocycles. The van der Waals surface area contributed by atoms with E-state index in [-0.39, 0.29) is 5.78 Å². The standard InChI is InChI=1S/C14H18O/c1-4-5-6-7-14(15)13-10-11(2)8-9-12(13)3/h4-5,8-10H,6-7H2,1-3H3/b5-4+. The van der Waals surface area contributed by atoms with Gasteiger partial charge in [0.05, 0.1) is 0 Å². The Hall–Kier alpha value is -1.37. The van der Waals surface area contributed by atoms with Gasteiger partial charge in [-0.1, -0.05) is 29.8 Å². The number of carbonyl (C=O) groups excluding carboxylic acids is 1. The average Bonchev–Trinajstić information content (AvgIpc) is 2.22. The maximum absolute atomic E-state index is 11.9. The summed E-state index contributed by atoms with van der Waals surface area (Å²) in [6.45, 7) is 5.98. The topological polar surface area (TPSA) is 17.1 Å². The van der Waals surface area contributed by atoms with Gasteiger partial charge in [0.25, 0.3) is 0 Å². The summed E-state index contributed by atoms with van der Waals surface area (Å²) in [5.74, 6) is 0.245. The molecule has 0 aromatic heterocycles. The van der Waals surface area contributed by atoms with Gasteiger partial charge in [0.1, 0.15) is 0 Å². The van der Waals surface area contributed by atoms with Crippen LogP contribution < -0.4 is 0 Å². The second-order valence-electron chi connectivity index (χ2n) is 3.85. The van der Waals surface area contributed by atoms with Gasteiger partial charge in [-0.15, -0.1) is 0 Å². The van der Waals surface area contributed by atoms with Gasteiger partial charge in [-0.05, 0) is 38.8 Å². The fourth-order valence-electron chi connectivity index (χ4n) is 1.55. The van der Waals surface area contributed by atoms with Gasteiger partial charge in [-0.2, -0.15) is 0 Å². The van der Waals surface area contributed by atoms with E-state index in [0.717, 1.165) is 23.1 Å². The van der Waals surface area contributed by atoms with Crippen molar-refractivity contribution in [3.63, 3.8) is 0 Å². The fourth-order valence-corrected chi connectivity index (χ4v) is 1.55. The zero-order valence-electron chi connectivity index (χ0n) is 9.71. The van der Waals surface area contributed by atoms with E-state index >= 15 is 0 Å². The molecule has 0 bridgehead atoms. The van der Waals surface area contributed by atoms with Crippen molar-refractivity contribution in [2.75, 3.05) is 0 Å². The Morgan fingerprint density at radius 1 is 1.33 bits per heavy atom. The number of Topliss-reactive ketones (excluding diaryl/α,β-unsaturated/α-hetero) is 1. The maximum Gasteiger partial charge on any atom is 0.163 e. The lowest BCUT2D eigenvalue weighted by Crippen LogP contribution is -2.01. The van der Waals surface area contributed by atoms with Crippen LogP contribution in [-0.4, -0.2) is 5.78 Å². The van der Waals surface area contributed by atoms with Crippen LogP contribution in [-0.2, 0) is 0 Å². The van der Waals surface area contributed by atoms with Crippen molar-refractivity contribution in [2.45, 2.75) is 33.6 Å². The highest BCUT2D eigenvalue weighted by Gasteiger charge is 2.07. The summed E-state index contributed by atoms with van der Waals surface area (Å²) in [4.78, 5) is 11.9. The van der Waals surface area contributed by atoms with E-state index < -0.39 is 0 Å². The van der Waals surface area contributed by atoms with Crippen molar-refractivity contribution in [1.29, 1.82) is 0 Å². The van der Waals surface area contributed by atoms with Crippen LogP contribution >= 0.6 is 0 Å². The Morgan fingerprint density at radius 2 is 2.07 bits per heavy atom. The molecule has 0 saturated heterocycles. The van der Waals surface area contributed by atoms with Crippen molar-refractivity contribution in [3.8, 4) is 0 Å². The van der Waals surface area contributed by atoms with Crippen LogP contribution in [0.4, 0.5) is 0 Å². The first-order valence-corrected chi connectivity index (χ1v) is 5.36. The van der Waals surface area contributed by atoms with Crippen molar-refractivity contribution < 1.29 is 4.79 Å². The molecule has 1 aromatic carbocycles. The number of allylic oxidation sites excluding steroid dienone is 2. The summed E-state index contributed by atoms with van der Waals surface area (Å²) in [7, 11) is 0. The molecule has 0 heterocycles.